The molecule has 0 heterocycles. The maximum absolute atomic E-state index is 14.4. The Morgan fingerprint density at radius 1 is 0.660 bits per heavy atom. The van der Waals surface area contributed by atoms with Crippen LogP contribution in [0.3, 0.4) is 0 Å². The highest BCUT2D eigenvalue weighted by atomic mass is 32.2. The van der Waals surface area contributed by atoms with Gasteiger partial charge in [0.05, 0.1) is 0 Å². The van der Waals surface area contributed by atoms with Crippen LogP contribution in [-0.4, -0.2) is 17.7 Å². The largest absolute Gasteiger partial charge is 0.321 e. The van der Waals surface area contributed by atoms with Gasteiger partial charge in [-0.25, -0.2) is 17.6 Å². The second-order valence-corrected chi connectivity index (χ2v) is 11.2. The number of rotatable bonds is 10. The summed E-state index contributed by atoms with van der Waals surface area (Å²) in [4.78, 5) is 40.2. The van der Waals surface area contributed by atoms with Crippen molar-refractivity contribution < 1.29 is 31.9 Å². The Hall–Kier alpha value is -5.68. The van der Waals surface area contributed by atoms with Crippen LogP contribution in [0.4, 0.5) is 28.9 Å². The summed E-state index contributed by atoms with van der Waals surface area (Å²) in [5, 5.41) is 6.27. The third kappa shape index (κ3) is 8.33. The van der Waals surface area contributed by atoms with Gasteiger partial charge in [0.25, 0.3) is 11.8 Å². The van der Waals surface area contributed by atoms with Crippen LogP contribution in [0.5, 0.6) is 0 Å². The van der Waals surface area contributed by atoms with E-state index in [0.717, 1.165) is 11.8 Å². The first-order valence-electron chi connectivity index (χ1n) is 14.1. The van der Waals surface area contributed by atoms with Gasteiger partial charge in [-0.2, -0.15) is 0 Å². The molecule has 5 aromatic carbocycles. The summed E-state index contributed by atoms with van der Waals surface area (Å²) in [5.74, 6) is -8.86. The van der Waals surface area contributed by atoms with E-state index in [9.17, 15) is 31.9 Å². The van der Waals surface area contributed by atoms with Gasteiger partial charge in [-0.3, -0.25) is 14.4 Å². The number of nitrogens with one attached hydrogen (secondary N) is 3. The summed E-state index contributed by atoms with van der Waals surface area (Å²) in [7, 11) is 0. The van der Waals surface area contributed by atoms with Crippen molar-refractivity contribution in [2.24, 2.45) is 0 Å². The van der Waals surface area contributed by atoms with Gasteiger partial charge < -0.3 is 16.0 Å². The number of hydrogen-bond acceptors (Lipinski definition) is 4. The molecule has 0 aliphatic carbocycles. The molecule has 0 aromatic heterocycles. The summed E-state index contributed by atoms with van der Waals surface area (Å²) in [6, 6.07) is 32.0. The lowest BCUT2D eigenvalue weighted by Crippen LogP contribution is -2.30. The lowest BCUT2D eigenvalue weighted by atomic mass is 10.1. The molecule has 0 bridgehead atoms. The van der Waals surface area contributed by atoms with Gasteiger partial charge in [0, 0.05) is 22.2 Å². The predicted octanol–water partition coefficient (Wildman–Crippen LogP) is 8.12. The van der Waals surface area contributed by atoms with E-state index >= 15 is 0 Å². The van der Waals surface area contributed by atoms with Crippen molar-refractivity contribution in [3.8, 4) is 0 Å². The number of carbonyl (C=O) groups excluding carboxylic acids is 3. The summed E-state index contributed by atoms with van der Waals surface area (Å²) in [5.41, 5.74) is 0.478. The molecule has 0 spiro atoms. The maximum atomic E-state index is 14.4. The highest BCUT2D eigenvalue weighted by Crippen LogP contribution is 2.38. The molecule has 5 aromatic rings. The van der Waals surface area contributed by atoms with E-state index in [-0.39, 0.29) is 11.8 Å². The summed E-state index contributed by atoms with van der Waals surface area (Å²) in [6.07, 6.45) is 1.53. The molecule has 0 aliphatic rings. The fraction of sp³-hybridized carbons (Fsp3) is 0.0278. The quantitative estimate of drug-likeness (QED) is 0.0614. The van der Waals surface area contributed by atoms with Crippen molar-refractivity contribution >= 4 is 46.9 Å². The molecule has 3 amide bonds. The van der Waals surface area contributed by atoms with Gasteiger partial charge in [0.15, 0.2) is 23.3 Å². The third-order valence-corrected chi connectivity index (χ3v) is 7.93. The first-order chi connectivity index (χ1) is 22.7. The van der Waals surface area contributed by atoms with E-state index in [1.165, 1.54) is 6.08 Å². The van der Waals surface area contributed by atoms with Crippen molar-refractivity contribution in [2.45, 2.75) is 10.1 Å². The number of anilines is 2. The molecule has 47 heavy (non-hydrogen) atoms. The van der Waals surface area contributed by atoms with Gasteiger partial charge in [0.1, 0.15) is 16.6 Å². The minimum absolute atomic E-state index is 0.0315. The second kappa shape index (κ2) is 15.1. The Kier molecular flexibility index (Phi) is 10.5. The normalized spacial score (nSPS) is 11.8. The van der Waals surface area contributed by atoms with Crippen LogP contribution in [-0.2, 0) is 9.59 Å². The van der Waals surface area contributed by atoms with Gasteiger partial charge in [-0.1, -0.05) is 84.9 Å². The van der Waals surface area contributed by atoms with Crippen LogP contribution in [0.25, 0.3) is 6.08 Å². The molecule has 1 unspecified atom stereocenters. The van der Waals surface area contributed by atoms with E-state index in [1.807, 2.05) is 11.4 Å². The van der Waals surface area contributed by atoms with Gasteiger partial charge in [-0.15, -0.1) is 11.8 Å². The molecule has 5 rings (SSSR count). The number of benzene rings is 5. The Balaban J connectivity index is 1.39. The molecule has 0 fully saturated rings. The van der Waals surface area contributed by atoms with E-state index in [2.05, 4.69) is 10.6 Å². The van der Waals surface area contributed by atoms with E-state index in [0.29, 0.717) is 27.3 Å². The molecule has 6 nitrogen and oxygen atoms in total. The topological polar surface area (TPSA) is 87.3 Å². The molecule has 3 N–H and O–H groups in total. The van der Waals surface area contributed by atoms with Crippen LogP contribution in [0, 0.1) is 23.3 Å². The molecule has 0 saturated heterocycles. The molecule has 0 radical (unpaired) electrons. The van der Waals surface area contributed by atoms with E-state index in [4.69, 9.17) is 0 Å². The molecule has 0 aliphatic heterocycles. The minimum atomic E-state index is -1.74. The highest BCUT2D eigenvalue weighted by molar-refractivity contribution is 8.00. The molecule has 1 atom stereocenters. The fourth-order valence-corrected chi connectivity index (χ4v) is 5.50. The van der Waals surface area contributed by atoms with Gasteiger partial charge >= 0.3 is 0 Å². The number of carbonyl (C=O) groups is 3. The molecule has 0 saturated carbocycles. The Morgan fingerprint density at radius 2 is 1.26 bits per heavy atom. The van der Waals surface area contributed by atoms with Crippen molar-refractivity contribution in [3.05, 3.63) is 167 Å². The maximum Gasteiger partial charge on any atom is 0.272 e. The van der Waals surface area contributed by atoms with Gasteiger partial charge in [-0.05, 0) is 47.5 Å². The zero-order valence-electron chi connectivity index (χ0n) is 24.3. The standard InChI is InChI=1S/C36H25F4N3O3S/c37-27-21-28(38)31(40)32(30(27)39)43-36(46)33(23-13-6-2-7-14-23)47-26-18-10-17-25(20-26)41-35(45)29(19-22-11-4-1-5-12-22)42-34(44)24-15-8-3-9-16-24/h1-21,33H,(H,41,45)(H,42,44)(H,43,46)/b29-19-. The number of thioether (sulfide) groups is 1. The number of halogens is 4. The zero-order chi connectivity index (χ0) is 33.3. The van der Waals surface area contributed by atoms with Crippen molar-refractivity contribution in [1.82, 2.24) is 5.32 Å². The first-order valence-corrected chi connectivity index (χ1v) is 15.0. The third-order valence-electron chi connectivity index (χ3n) is 6.69. The number of hydrogen-bond donors (Lipinski definition) is 3. The average Bonchev–Trinajstić information content (AvgIpc) is 3.09. The molecule has 236 valence electrons. The monoisotopic (exact) mass is 655 g/mol. The Labute approximate surface area is 271 Å². The minimum Gasteiger partial charge on any atom is -0.321 e. The SMILES string of the molecule is O=C(Nc1cccc(SC(C(=O)Nc2c(F)c(F)cc(F)c2F)c2ccccc2)c1)/C(=C/c1ccccc1)NC(=O)c1ccccc1. The van der Waals surface area contributed by atoms with Crippen LogP contribution in [0.1, 0.15) is 26.7 Å². The Bertz CT molecular complexity index is 1920. The summed E-state index contributed by atoms with van der Waals surface area (Å²) >= 11 is 0.969. The highest BCUT2D eigenvalue weighted by Gasteiger charge is 2.27. The van der Waals surface area contributed by atoms with Crippen molar-refractivity contribution in [1.29, 1.82) is 0 Å². The van der Waals surface area contributed by atoms with E-state index in [1.54, 1.807) is 109 Å². The lowest BCUT2D eigenvalue weighted by Gasteiger charge is -2.18. The van der Waals surface area contributed by atoms with Crippen molar-refractivity contribution in [2.75, 3.05) is 10.6 Å². The van der Waals surface area contributed by atoms with Crippen LogP contribution < -0.4 is 16.0 Å². The smallest absolute Gasteiger partial charge is 0.272 e. The summed E-state index contributed by atoms with van der Waals surface area (Å²) in [6.45, 7) is 0. The van der Waals surface area contributed by atoms with Crippen molar-refractivity contribution in [3.63, 3.8) is 0 Å². The van der Waals surface area contributed by atoms with E-state index < -0.39 is 51.9 Å². The number of amides is 3. The molecular formula is C36H25F4N3O3S. The van der Waals surface area contributed by atoms with Crippen LogP contribution in [0.15, 0.2) is 132 Å². The second-order valence-electron chi connectivity index (χ2n) is 10.0. The fourth-order valence-electron chi connectivity index (χ4n) is 4.41. The van der Waals surface area contributed by atoms with Crippen LogP contribution >= 0.6 is 11.8 Å². The van der Waals surface area contributed by atoms with Crippen LogP contribution in [0.2, 0.25) is 0 Å². The zero-order valence-corrected chi connectivity index (χ0v) is 25.2. The Morgan fingerprint density at radius 3 is 1.89 bits per heavy atom. The average molecular weight is 656 g/mol. The first kappa shape index (κ1) is 32.7. The molecular weight excluding hydrogens is 630 g/mol. The summed E-state index contributed by atoms with van der Waals surface area (Å²) < 4.78 is 56.4. The predicted molar refractivity (Wildman–Crippen MR) is 173 cm³/mol. The molecule has 11 heteroatoms. The van der Waals surface area contributed by atoms with Gasteiger partial charge in [0.2, 0.25) is 5.91 Å². The lowest BCUT2D eigenvalue weighted by molar-refractivity contribution is -0.116.